The fourth-order valence-corrected chi connectivity index (χ4v) is 5.54. The van der Waals surface area contributed by atoms with Gasteiger partial charge in [0.2, 0.25) is 10.0 Å². The van der Waals surface area contributed by atoms with Crippen LogP contribution in [0, 0.1) is 12.8 Å². The molecule has 1 N–H and O–H groups in total. The number of nitrogens with zero attached hydrogens (tertiary/aromatic N) is 1. The second kappa shape index (κ2) is 8.72. The Balaban J connectivity index is 1.56. The standard InChI is InChI=1S/C20H32N2O3S/c1-3-25-19-9-8-16(2)14-20(19)26(23,24)21-15-17-10-12-22(13-11-17)18-6-4-5-7-18/h8-9,14,17-18,21H,3-7,10-13,15H2,1-2H3. The summed E-state index contributed by atoms with van der Waals surface area (Å²) in [4.78, 5) is 2.87. The summed E-state index contributed by atoms with van der Waals surface area (Å²) in [5.74, 6) is 0.851. The van der Waals surface area contributed by atoms with E-state index >= 15 is 0 Å². The van der Waals surface area contributed by atoms with Crippen LogP contribution in [-0.4, -0.2) is 45.6 Å². The fourth-order valence-electron chi connectivity index (χ4n) is 4.20. The van der Waals surface area contributed by atoms with Crippen molar-refractivity contribution in [1.29, 1.82) is 0 Å². The summed E-state index contributed by atoms with van der Waals surface area (Å²) in [6.07, 6.45) is 7.55. The first-order valence-corrected chi connectivity index (χ1v) is 11.4. The molecule has 0 amide bonds. The Morgan fingerprint density at radius 3 is 2.50 bits per heavy atom. The summed E-state index contributed by atoms with van der Waals surface area (Å²) in [6.45, 7) is 6.93. The van der Waals surface area contributed by atoms with E-state index in [-0.39, 0.29) is 4.90 Å². The SMILES string of the molecule is CCOc1ccc(C)cc1S(=O)(=O)NCC1CCN(C2CCCC2)CC1. The van der Waals surface area contributed by atoms with Crippen molar-refractivity contribution in [3.8, 4) is 5.75 Å². The van der Waals surface area contributed by atoms with Crippen molar-refractivity contribution in [1.82, 2.24) is 9.62 Å². The lowest BCUT2D eigenvalue weighted by molar-refractivity contribution is 0.135. The van der Waals surface area contributed by atoms with Crippen molar-refractivity contribution in [2.75, 3.05) is 26.2 Å². The molecule has 5 nitrogen and oxygen atoms in total. The highest BCUT2D eigenvalue weighted by molar-refractivity contribution is 7.89. The summed E-state index contributed by atoms with van der Waals surface area (Å²) < 4.78 is 33.9. The largest absolute Gasteiger partial charge is 0.492 e. The second-order valence-corrected chi connectivity index (χ2v) is 9.39. The zero-order valence-electron chi connectivity index (χ0n) is 16.0. The highest BCUT2D eigenvalue weighted by Crippen LogP contribution is 2.28. The van der Waals surface area contributed by atoms with Crippen LogP contribution in [0.25, 0.3) is 0 Å². The molecule has 0 bridgehead atoms. The zero-order chi connectivity index (χ0) is 18.6. The van der Waals surface area contributed by atoms with E-state index in [9.17, 15) is 8.42 Å². The highest BCUT2D eigenvalue weighted by atomic mass is 32.2. The number of likely N-dealkylation sites (tertiary alicyclic amines) is 1. The van der Waals surface area contributed by atoms with Crippen LogP contribution < -0.4 is 9.46 Å². The summed E-state index contributed by atoms with van der Waals surface area (Å²) in [6, 6.07) is 6.08. The zero-order valence-corrected chi connectivity index (χ0v) is 16.9. The maximum atomic E-state index is 12.8. The molecular weight excluding hydrogens is 348 g/mol. The Hall–Kier alpha value is -1.11. The third-order valence-electron chi connectivity index (χ3n) is 5.74. The lowest BCUT2D eigenvalue weighted by Crippen LogP contribution is -2.42. The molecule has 1 saturated carbocycles. The van der Waals surface area contributed by atoms with Gasteiger partial charge in [-0.2, -0.15) is 0 Å². The first-order valence-electron chi connectivity index (χ1n) is 9.96. The van der Waals surface area contributed by atoms with Crippen LogP contribution in [0.2, 0.25) is 0 Å². The van der Waals surface area contributed by atoms with Crippen LogP contribution in [0.15, 0.2) is 23.1 Å². The Morgan fingerprint density at radius 1 is 1.15 bits per heavy atom. The van der Waals surface area contributed by atoms with Gasteiger partial charge in [-0.05, 0) is 76.2 Å². The average molecular weight is 381 g/mol. The predicted octanol–water partition coefficient (Wildman–Crippen LogP) is 3.33. The Kier molecular flexibility index (Phi) is 6.59. The lowest BCUT2D eigenvalue weighted by atomic mass is 9.96. The molecule has 1 aliphatic carbocycles. The summed E-state index contributed by atoms with van der Waals surface area (Å²) >= 11 is 0. The molecule has 6 heteroatoms. The van der Waals surface area contributed by atoms with E-state index in [1.54, 1.807) is 12.1 Å². The maximum absolute atomic E-state index is 12.8. The van der Waals surface area contributed by atoms with Crippen molar-refractivity contribution < 1.29 is 13.2 Å². The highest BCUT2D eigenvalue weighted by Gasteiger charge is 2.28. The van der Waals surface area contributed by atoms with Crippen molar-refractivity contribution in [2.24, 2.45) is 5.92 Å². The van der Waals surface area contributed by atoms with Gasteiger partial charge >= 0.3 is 0 Å². The van der Waals surface area contributed by atoms with Gasteiger partial charge in [0.05, 0.1) is 6.61 Å². The number of piperidine rings is 1. The summed E-state index contributed by atoms with van der Waals surface area (Å²) in [5, 5.41) is 0. The molecule has 0 aromatic heterocycles. The first kappa shape index (κ1) is 19.6. The Bertz CT molecular complexity index is 691. The van der Waals surface area contributed by atoms with Gasteiger partial charge in [-0.3, -0.25) is 0 Å². The van der Waals surface area contributed by atoms with E-state index in [0.717, 1.165) is 37.5 Å². The van der Waals surface area contributed by atoms with Gasteiger partial charge in [0.1, 0.15) is 10.6 Å². The number of ether oxygens (including phenoxy) is 1. The topological polar surface area (TPSA) is 58.6 Å². The first-order chi connectivity index (χ1) is 12.5. The molecule has 0 atom stereocenters. The van der Waals surface area contributed by atoms with E-state index in [4.69, 9.17) is 4.74 Å². The molecule has 1 saturated heterocycles. The number of sulfonamides is 1. The van der Waals surface area contributed by atoms with Gasteiger partial charge in [-0.1, -0.05) is 18.9 Å². The number of benzene rings is 1. The molecule has 146 valence electrons. The summed E-state index contributed by atoms with van der Waals surface area (Å²) in [7, 11) is -3.55. The summed E-state index contributed by atoms with van der Waals surface area (Å²) in [5.41, 5.74) is 0.915. The van der Waals surface area contributed by atoms with Crippen molar-refractivity contribution in [2.45, 2.75) is 63.3 Å². The number of nitrogens with one attached hydrogen (secondary N) is 1. The average Bonchev–Trinajstić information content (AvgIpc) is 3.17. The number of rotatable bonds is 7. The molecule has 0 radical (unpaired) electrons. The van der Waals surface area contributed by atoms with Gasteiger partial charge in [-0.25, -0.2) is 13.1 Å². The molecule has 1 heterocycles. The molecule has 1 aromatic rings. The van der Waals surface area contributed by atoms with Crippen molar-refractivity contribution in [3.05, 3.63) is 23.8 Å². The van der Waals surface area contributed by atoms with Gasteiger partial charge in [0, 0.05) is 12.6 Å². The maximum Gasteiger partial charge on any atom is 0.244 e. The smallest absolute Gasteiger partial charge is 0.244 e. The predicted molar refractivity (Wildman–Crippen MR) is 104 cm³/mol. The van der Waals surface area contributed by atoms with E-state index < -0.39 is 10.0 Å². The van der Waals surface area contributed by atoms with Crippen LogP contribution in [-0.2, 0) is 10.0 Å². The van der Waals surface area contributed by atoms with Crippen LogP contribution >= 0.6 is 0 Å². The van der Waals surface area contributed by atoms with Gasteiger partial charge < -0.3 is 9.64 Å². The normalized spacial score (nSPS) is 20.5. The van der Waals surface area contributed by atoms with Crippen molar-refractivity contribution >= 4 is 10.0 Å². The molecule has 0 unspecified atom stereocenters. The monoisotopic (exact) mass is 380 g/mol. The van der Waals surface area contributed by atoms with Gasteiger partial charge in [0.15, 0.2) is 0 Å². The Morgan fingerprint density at radius 2 is 1.85 bits per heavy atom. The quantitative estimate of drug-likeness (QED) is 0.788. The van der Waals surface area contributed by atoms with Crippen LogP contribution in [0.3, 0.4) is 0 Å². The molecule has 1 aromatic carbocycles. The minimum absolute atomic E-state index is 0.253. The second-order valence-electron chi connectivity index (χ2n) is 7.65. The minimum Gasteiger partial charge on any atom is -0.492 e. The van der Waals surface area contributed by atoms with E-state index in [1.165, 1.54) is 25.7 Å². The van der Waals surface area contributed by atoms with Crippen LogP contribution in [0.5, 0.6) is 5.75 Å². The molecule has 26 heavy (non-hydrogen) atoms. The third kappa shape index (κ3) is 4.78. The van der Waals surface area contributed by atoms with Gasteiger partial charge in [-0.15, -0.1) is 0 Å². The van der Waals surface area contributed by atoms with Gasteiger partial charge in [0.25, 0.3) is 0 Å². The fraction of sp³-hybridized carbons (Fsp3) is 0.700. The molecule has 0 spiro atoms. The minimum atomic E-state index is -3.55. The van der Waals surface area contributed by atoms with Crippen LogP contribution in [0.4, 0.5) is 0 Å². The molecule has 2 aliphatic rings. The number of hydrogen-bond donors (Lipinski definition) is 1. The van der Waals surface area contributed by atoms with E-state index in [2.05, 4.69) is 9.62 Å². The van der Waals surface area contributed by atoms with Crippen LogP contribution in [0.1, 0.15) is 51.0 Å². The third-order valence-corrected chi connectivity index (χ3v) is 7.19. The lowest BCUT2D eigenvalue weighted by Gasteiger charge is -2.36. The van der Waals surface area contributed by atoms with Crippen molar-refractivity contribution in [3.63, 3.8) is 0 Å². The molecule has 3 rings (SSSR count). The van der Waals surface area contributed by atoms with E-state index in [1.807, 2.05) is 19.9 Å². The number of aryl methyl sites for hydroxylation is 1. The molecular formula is C20H32N2O3S. The van der Waals surface area contributed by atoms with E-state index in [0.29, 0.717) is 24.8 Å². The Labute approximate surface area is 158 Å². The molecule has 1 aliphatic heterocycles. The molecule has 2 fully saturated rings. The number of hydrogen-bond acceptors (Lipinski definition) is 4.